The number of benzene rings is 2. The molecule has 2 aromatic carbocycles. The predicted octanol–water partition coefficient (Wildman–Crippen LogP) is 3.02. The zero-order chi connectivity index (χ0) is 17.0. The smallest absolute Gasteiger partial charge is 0.242 e. The number of hydrogen-bond acceptors (Lipinski definition) is 3. The quantitative estimate of drug-likeness (QED) is 0.865. The molecule has 2 rings (SSSR count). The van der Waals surface area contributed by atoms with Crippen LogP contribution in [-0.2, 0) is 23.1 Å². The molecule has 2 aromatic rings. The van der Waals surface area contributed by atoms with Gasteiger partial charge in [0.25, 0.3) is 0 Å². The molecule has 0 aliphatic carbocycles. The maximum atomic E-state index is 13.6. The molecular formula is C16H18ClFN2O2S. The van der Waals surface area contributed by atoms with Crippen molar-refractivity contribution in [3.63, 3.8) is 0 Å². The van der Waals surface area contributed by atoms with Gasteiger partial charge in [-0.3, -0.25) is 0 Å². The van der Waals surface area contributed by atoms with E-state index in [-0.39, 0.29) is 10.7 Å². The van der Waals surface area contributed by atoms with E-state index in [4.69, 9.17) is 11.6 Å². The first-order chi connectivity index (χ1) is 10.8. The largest absolute Gasteiger partial charge is 0.308 e. The molecule has 0 aromatic heterocycles. The third kappa shape index (κ3) is 4.29. The number of rotatable bonds is 6. The van der Waals surface area contributed by atoms with E-state index < -0.39 is 10.0 Å². The van der Waals surface area contributed by atoms with Crippen molar-refractivity contribution in [2.45, 2.75) is 18.0 Å². The van der Waals surface area contributed by atoms with Gasteiger partial charge in [-0.1, -0.05) is 29.8 Å². The van der Waals surface area contributed by atoms with Crippen molar-refractivity contribution in [3.05, 3.63) is 64.4 Å². The summed E-state index contributed by atoms with van der Waals surface area (Å²) in [5.41, 5.74) is 1.32. The van der Waals surface area contributed by atoms with Crippen LogP contribution < -0.4 is 5.32 Å². The zero-order valence-corrected chi connectivity index (χ0v) is 14.5. The van der Waals surface area contributed by atoms with Gasteiger partial charge in [0.1, 0.15) is 5.82 Å². The van der Waals surface area contributed by atoms with E-state index in [9.17, 15) is 12.8 Å². The minimum atomic E-state index is -3.42. The van der Waals surface area contributed by atoms with Gasteiger partial charge in [0, 0.05) is 37.8 Å². The van der Waals surface area contributed by atoms with Crippen LogP contribution >= 0.6 is 11.6 Å². The molecule has 1 N–H and O–H groups in total. The second-order valence-corrected chi connectivity index (χ2v) is 7.79. The Bertz CT molecular complexity index is 757. The van der Waals surface area contributed by atoms with Gasteiger partial charge in [-0.15, -0.1) is 0 Å². The van der Waals surface area contributed by atoms with E-state index in [0.717, 1.165) is 5.56 Å². The van der Waals surface area contributed by atoms with E-state index in [0.29, 0.717) is 23.7 Å². The Morgan fingerprint density at radius 3 is 2.30 bits per heavy atom. The molecule has 0 saturated carbocycles. The second-order valence-electron chi connectivity index (χ2n) is 5.24. The van der Waals surface area contributed by atoms with Crippen molar-refractivity contribution in [1.29, 1.82) is 0 Å². The van der Waals surface area contributed by atoms with Crippen molar-refractivity contribution in [2.75, 3.05) is 14.1 Å². The molecule has 0 aliphatic rings. The highest BCUT2D eigenvalue weighted by Crippen LogP contribution is 2.19. The predicted molar refractivity (Wildman–Crippen MR) is 89.3 cm³/mol. The van der Waals surface area contributed by atoms with Crippen LogP contribution in [0.15, 0.2) is 47.4 Å². The zero-order valence-electron chi connectivity index (χ0n) is 12.9. The Morgan fingerprint density at radius 1 is 1.09 bits per heavy atom. The van der Waals surface area contributed by atoms with Gasteiger partial charge in [-0.2, -0.15) is 0 Å². The Hall–Kier alpha value is -1.47. The summed E-state index contributed by atoms with van der Waals surface area (Å²) in [5.74, 6) is -0.350. The molecule has 0 fully saturated rings. The number of nitrogens with zero attached hydrogens (tertiary/aromatic N) is 1. The fourth-order valence-electron chi connectivity index (χ4n) is 2.02. The third-order valence-electron chi connectivity index (χ3n) is 3.39. The minimum Gasteiger partial charge on any atom is -0.308 e. The maximum absolute atomic E-state index is 13.6. The first-order valence-electron chi connectivity index (χ1n) is 6.97. The minimum absolute atomic E-state index is 0.239. The van der Waals surface area contributed by atoms with Gasteiger partial charge in [0.2, 0.25) is 10.0 Å². The molecule has 0 aliphatic heterocycles. The Kier molecular flexibility index (Phi) is 5.75. The summed E-state index contributed by atoms with van der Waals surface area (Å²) in [7, 11) is -0.444. The van der Waals surface area contributed by atoms with Crippen LogP contribution in [0.5, 0.6) is 0 Å². The Labute approximate surface area is 140 Å². The van der Waals surface area contributed by atoms with Crippen molar-refractivity contribution >= 4 is 21.6 Å². The van der Waals surface area contributed by atoms with Crippen LogP contribution in [0.3, 0.4) is 0 Å². The van der Waals surface area contributed by atoms with Gasteiger partial charge in [0.15, 0.2) is 0 Å². The van der Waals surface area contributed by atoms with Crippen LogP contribution in [0.2, 0.25) is 5.02 Å². The van der Waals surface area contributed by atoms with Crippen molar-refractivity contribution < 1.29 is 12.8 Å². The molecule has 0 radical (unpaired) electrons. The topological polar surface area (TPSA) is 49.4 Å². The monoisotopic (exact) mass is 356 g/mol. The van der Waals surface area contributed by atoms with Crippen LogP contribution in [-0.4, -0.2) is 26.8 Å². The lowest BCUT2D eigenvalue weighted by Crippen LogP contribution is -2.22. The maximum Gasteiger partial charge on any atom is 0.242 e. The summed E-state index contributed by atoms with van der Waals surface area (Å²) in [6.07, 6.45) is 0. The van der Waals surface area contributed by atoms with E-state index in [1.165, 1.54) is 24.5 Å². The first kappa shape index (κ1) is 17.9. The van der Waals surface area contributed by atoms with Gasteiger partial charge in [0.05, 0.1) is 4.90 Å². The lowest BCUT2D eigenvalue weighted by Gasteiger charge is -2.12. The van der Waals surface area contributed by atoms with Crippen molar-refractivity contribution in [3.8, 4) is 0 Å². The van der Waals surface area contributed by atoms with Gasteiger partial charge in [-0.05, 0) is 29.8 Å². The normalized spacial score (nSPS) is 11.9. The molecule has 4 nitrogen and oxygen atoms in total. The summed E-state index contributed by atoms with van der Waals surface area (Å²) in [6.45, 7) is 0.774. The molecule has 0 atom stereocenters. The molecular weight excluding hydrogens is 339 g/mol. The molecule has 0 spiro atoms. The number of hydrogen-bond donors (Lipinski definition) is 1. The van der Waals surface area contributed by atoms with Gasteiger partial charge < -0.3 is 5.32 Å². The van der Waals surface area contributed by atoms with Crippen LogP contribution in [0, 0.1) is 5.82 Å². The van der Waals surface area contributed by atoms with E-state index in [1.807, 2.05) is 0 Å². The van der Waals surface area contributed by atoms with Crippen molar-refractivity contribution in [1.82, 2.24) is 9.62 Å². The van der Waals surface area contributed by atoms with Crippen LogP contribution in [0.1, 0.15) is 11.1 Å². The summed E-state index contributed by atoms with van der Waals surface area (Å²) >= 11 is 5.96. The molecule has 0 amide bonds. The molecule has 0 bridgehead atoms. The number of sulfonamides is 1. The number of nitrogens with one attached hydrogen (secondary N) is 1. The highest BCUT2D eigenvalue weighted by atomic mass is 35.5. The van der Waals surface area contributed by atoms with E-state index >= 15 is 0 Å². The second kappa shape index (κ2) is 7.40. The first-order valence-corrected chi connectivity index (χ1v) is 8.79. The molecule has 0 saturated heterocycles. The van der Waals surface area contributed by atoms with E-state index in [1.54, 1.807) is 36.4 Å². The standard InChI is InChI=1S/C16H18ClFN2O2S/c1-20(2)23(21,22)13-8-6-12(7-9-13)10-19-11-14-15(17)4-3-5-16(14)18/h3-9,19H,10-11H2,1-2H3. The SMILES string of the molecule is CN(C)S(=O)(=O)c1ccc(CNCc2c(F)cccc2Cl)cc1. The molecule has 23 heavy (non-hydrogen) atoms. The van der Waals surface area contributed by atoms with Crippen molar-refractivity contribution in [2.24, 2.45) is 0 Å². The fourth-order valence-corrected chi connectivity index (χ4v) is 3.15. The Morgan fingerprint density at radius 2 is 1.74 bits per heavy atom. The highest BCUT2D eigenvalue weighted by Gasteiger charge is 2.16. The fraction of sp³-hybridized carbons (Fsp3) is 0.250. The Balaban J connectivity index is 2.00. The summed E-state index contributed by atoms with van der Waals surface area (Å²) in [5, 5.41) is 3.48. The van der Waals surface area contributed by atoms with Crippen LogP contribution in [0.4, 0.5) is 4.39 Å². The van der Waals surface area contributed by atoms with Gasteiger partial charge >= 0.3 is 0 Å². The third-order valence-corrected chi connectivity index (χ3v) is 5.58. The average Bonchev–Trinajstić information content (AvgIpc) is 2.50. The summed E-state index contributed by atoms with van der Waals surface area (Å²) in [6, 6.07) is 11.1. The van der Waals surface area contributed by atoms with Gasteiger partial charge in [-0.25, -0.2) is 17.1 Å². The molecule has 124 valence electrons. The molecule has 0 heterocycles. The highest BCUT2D eigenvalue weighted by molar-refractivity contribution is 7.89. The lowest BCUT2D eigenvalue weighted by atomic mass is 10.2. The van der Waals surface area contributed by atoms with E-state index in [2.05, 4.69) is 5.32 Å². The summed E-state index contributed by atoms with van der Waals surface area (Å²) in [4.78, 5) is 0.239. The molecule has 7 heteroatoms. The molecule has 0 unspecified atom stereocenters. The summed E-state index contributed by atoms with van der Waals surface area (Å²) < 4.78 is 38.7. The lowest BCUT2D eigenvalue weighted by molar-refractivity contribution is 0.520. The van der Waals surface area contributed by atoms with Crippen LogP contribution in [0.25, 0.3) is 0 Å². The number of halogens is 2. The average molecular weight is 357 g/mol.